The molecule has 116 valence electrons. The van der Waals surface area contributed by atoms with Crippen LogP contribution in [0.2, 0.25) is 0 Å². The Bertz CT molecular complexity index is 634. The Morgan fingerprint density at radius 2 is 1.77 bits per heavy atom. The van der Waals surface area contributed by atoms with Crippen molar-refractivity contribution < 1.29 is 0 Å². The van der Waals surface area contributed by atoms with Gasteiger partial charge < -0.3 is 0 Å². The molecule has 0 spiro atoms. The highest BCUT2D eigenvalue weighted by Gasteiger charge is 2.24. The zero-order valence-corrected chi connectivity index (χ0v) is 14.0. The molecule has 0 radical (unpaired) electrons. The molecule has 22 heavy (non-hydrogen) atoms. The fraction of sp³-hybridized carbons (Fsp3) is 0.500. The van der Waals surface area contributed by atoms with E-state index in [1.807, 2.05) is 0 Å². The van der Waals surface area contributed by atoms with E-state index in [0.29, 0.717) is 5.92 Å². The van der Waals surface area contributed by atoms with E-state index in [2.05, 4.69) is 61.3 Å². The molecule has 0 amide bonds. The summed E-state index contributed by atoms with van der Waals surface area (Å²) in [6.07, 6.45) is 6.12. The van der Waals surface area contributed by atoms with E-state index in [-0.39, 0.29) is 0 Å². The van der Waals surface area contributed by atoms with Crippen molar-refractivity contribution in [3.8, 4) is 0 Å². The molecule has 1 unspecified atom stereocenters. The van der Waals surface area contributed by atoms with Crippen LogP contribution in [0.1, 0.15) is 66.6 Å². The fourth-order valence-electron chi connectivity index (χ4n) is 3.70. The van der Waals surface area contributed by atoms with Crippen molar-refractivity contribution in [2.24, 2.45) is 5.92 Å². The van der Waals surface area contributed by atoms with Gasteiger partial charge in [0.05, 0.1) is 11.4 Å². The van der Waals surface area contributed by atoms with Crippen LogP contribution in [0.15, 0.2) is 30.3 Å². The highest BCUT2D eigenvalue weighted by molar-refractivity contribution is 5.35. The van der Waals surface area contributed by atoms with Gasteiger partial charge in [0, 0.05) is 12.3 Å². The molecule has 0 N–H and O–H groups in total. The van der Waals surface area contributed by atoms with Crippen molar-refractivity contribution >= 4 is 0 Å². The van der Waals surface area contributed by atoms with Crippen LogP contribution in [-0.4, -0.2) is 10.2 Å². The first kappa shape index (κ1) is 15.2. The zero-order valence-electron chi connectivity index (χ0n) is 14.0. The van der Waals surface area contributed by atoms with Crippen LogP contribution in [0.4, 0.5) is 0 Å². The van der Waals surface area contributed by atoms with E-state index in [0.717, 1.165) is 18.0 Å². The smallest absolute Gasteiger partial charge is 0.0706 e. The van der Waals surface area contributed by atoms with Crippen LogP contribution in [-0.2, 0) is 6.42 Å². The maximum absolute atomic E-state index is 4.64. The van der Waals surface area contributed by atoms with Crippen molar-refractivity contribution in [3.63, 3.8) is 0 Å². The average molecular weight is 294 g/mol. The van der Waals surface area contributed by atoms with Gasteiger partial charge in [-0.3, -0.25) is 0 Å². The van der Waals surface area contributed by atoms with Crippen LogP contribution < -0.4 is 0 Å². The standard InChI is InChI=1S/C20H26N2/c1-14-8-7-11-18(12-14)20-16(3)15(2)19(21-22-20)13-17-9-5-4-6-10-17/h4-6,9-10,14,18H,7-8,11-13H2,1-3H3/t14-,18?/m0/s1. The van der Waals surface area contributed by atoms with Crippen molar-refractivity contribution in [3.05, 3.63) is 58.4 Å². The monoisotopic (exact) mass is 294 g/mol. The van der Waals surface area contributed by atoms with Gasteiger partial charge in [0.2, 0.25) is 0 Å². The topological polar surface area (TPSA) is 25.8 Å². The molecule has 3 rings (SSSR count). The van der Waals surface area contributed by atoms with Gasteiger partial charge >= 0.3 is 0 Å². The molecule has 2 nitrogen and oxygen atoms in total. The average Bonchev–Trinajstić information content (AvgIpc) is 2.53. The van der Waals surface area contributed by atoms with Crippen molar-refractivity contribution in [1.29, 1.82) is 0 Å². The summed E-state index contributed by atoms with van der Waals surface area (Å²) < 4.78 is 0. The van der Waals surface area contributed by atoms with Crippen molar-refractivity contribution in [2.75, 3.05) is 0 Å². The lowest BCUT2D eigenvalue weighted by Gasteiger charge is -2.27. The number of aromatic nitrogens is 2. The third-order valence-corrected chi connectivity index (χ3v) is 5.20. The molecule has 1 aromatic heterocycles. The van der Waals surface area contributed by atoms with Gasteiger partial charge in [-0.05, 0) is 49.3 Å². The van der Waals surface area contributed by atoms with Gasteiger partial charge in [-0.2, -0.15) is 10.2 Å². The van der Waals surface area contributed by atoms with Crippen LogP contribution in [0.3, 0.4) is 0 Å². The highest BCUT2D eigenvalue weighted by atomic mass is 15.1. The predicted octanol–water partition coefficient (Wildman–Crippen LogP) is 4.98. The first-order valence-corrected chi connectivity index (χ1v) is 8.51. The molecule has 1 aliphatic rings. The minimum atomic E-state index is 0.612. The van der Waals surface area contributed by atoms with Crippen LogP contribution in [0.5, 0.6) is 0 Å². The number of nitrogens with zero attached hydrogens (tertiary/aromatic N) is 2. The Balaban J connectivity index is 1.85. The molecule has 1 heterocycles. The maximum Gasteiger partial charge on any atom is 0.0706 e. The van der Waals surface area contributed by atoms with Gasteiger partial charge in [-0.15, -0.1) is 0 Å². The zero-order chi connectivity index (χ0) is 15.5. The number of hydrogen-bond donors (Lipinski definition) is 0. The lowest BCUT2D eigenvalue weighted by Crippen LogP contribution is -2.16. The fourth-order valence-corrected chi connectivity index (χ4v) is 3.70. The summed E-state index contributed by atoms with van der Waals surface area (Å²) in [6.45, 7) is 6.80. The third kappa shape index (κ3) is 3.21. The predicted molar refractivity (Wildman–Crippen MR) is 91.1 cm³/mol. The summed E-state index contributed by atoms with van der Waals surface area (Å²) in [5, 5.41) is 9.23. The molecule has 0 bridgehead atoms. The molecule has 0 saturated heterocycles. The van der Waals surface area contributed by atoms with Crippen molar-refractivity contribution in [1.82, 2.24) is 10.2 Å². The molecule has 2 heteroatoms. The molecule has 2 aromatic rings. The second kappa shape index (κ2) is 6.60. The summed E-state index contributed by atoms with van der Waals surface area (Å²) in [7, 11) is 0. The van der Waals surface area contributed by atoms with E-state index in [1.54, 1.807) is 0 Å². The highest BCUT2D eigenvalue weighted by Crippen LogP contribution is 2.36. The van der Waals surface area contributed by atoms with Crippen LogP contribution >= 0.6 is 0 Å². The summed E-state index contributed by atoms with van der Waals surface area (Å²) in [4.78, 5) is 0. The summed E-state index contributed by atoms with van der Waals surface area (Å²) in [5.41, 5.74) is 6.36. The van der Waals surface area contributed by atoms with Gasteiger partial charge in [0.15, 0.2) is 0 Å². The first-order valence-electron chi connectivity index (χ1n) is 8.51. The van der Waals surface area contributed by atoms with Gasteiger partial charge in [0.1, 0.15) is 0 Å². The molecule has 2 atom stereocenters. The lowest BCUT2D eigenvalue weighted by atomic mass is 9.79. The quantitative estimate of drug-likeness (QED) is 0.798. The SMILES string of the molecule is Cc1c(Cc2ccccc2)nnc(C2CCC[C@H](C)C2)c1C. The second-order valence-corrected chi connectivity index (χ2v) is 6.91. The van der Waals surface area contributed by atoms with Crippen LogP contribution in [0.25, 0.3) is 0 Å². The second-order valence-electron chi connectivity index (χ2n) is 6.91. The van der Waals surface area contributed by atoms with Crippen LogP contribution in [0, 0.1) is 19.8 Å². The largest absolute Gasteiger partial charge is 0.155 e. The molecule has 1 aliphatic carbocycles. The van der Waals surface area contributed by atoms with E-state index >= 15 is 0 Å². The molecular weight excluding hydrogens is 268 g/mol. The van der Waals surface area contributed by atoms with Crippen molar-refractivity contribution in [2.45, 2.75) is 58.8 Å². The summed E-state index contributed by atoms with van der Waals surface area (Å²) in [5.74, 6) is 1.44. The first-order chi connectivity index (χ1) is 10.6. The third-order valence-electron chi connectivity index (χ3n) is 5.20. The normalized spacial score (nSPS) is 21.8. The number of rotatable bonds is 3. The molecule has 1 aromatic carbocycles. The molecule has 1 saturated carbocycles. The Hall–Kier alpha value is -1.70. The Morgan fingerprint density at radius 1 is 1.00 bits per heavy atom. The lowest BCUT2D eigenvalue weighted by molar-refractivity contribution is 0.337. The van der Waals surface area contributed by atoms with Gasteiger partial charge in [0.25, 0.3) is 0 Å². The Kier molecular flexibility index (Phi) is 4.56. The minimum absolute atomic E-state index is 0.612. The van der Waals surface area contributed by atoms with Gasteiger partial charge in [-0.1, -0.05) is 50.1 Å². The number of hydrogen-bond acceptors (Lipinski definition) is 2. The maximum atomic E-state index is 4.64. The number of benzene rings is 1. The van der Waals surface area contributed by atoms with E-state index in [4.69, 9.17) is 0 Å². The van der Waals surface area contributed by atoms with E-state index in [1.165, 1.54) is 48.1 Å². The molecule has 0 aliphatic heterocycles. The van der Waals surface area contributed by atoms with E-state index in [9.17, 15) is 0 Å². The Labute approximate surface area is 134 Å². The molecule has 1 fully saturated rings. The summed E-state index contributed by atoms with van der Waals surface area (Å²) in [6, 6.07) is 10.5. The molecular formula is C20H26N2. The summed E-state index contributed by atoms with van der Waals surface area (Å²) >= 11 is 0. The Morgan fingerprint density at radius 3 is 2.50 bits per heavy atom. The minimum Gasteiger partial charge on any atom is -0.155 e. The van der Waals surface area contributed by atoms with Gasteiger partial charge in [-0.25, -0.2) is 0 Å². The van der Waals surface area contributed by atoms with E-state index < -0.39 is 0 Å².